The van der Waals surface area contributed by atoms with Gasteiger partial charge in [-0.05, 0) is 12.5 Å². The van der Waals surface area contributed by atoms with E-state index in [0.29, 0.717) is 24.2 Å². The van der Waals surface area contributed by atoms with Crippen LogP contribution in [0.25, 0.3) is 6.08 Å². The molecule has 176 valence electrons. The van der Waals surface area contributed by atoms with E-state index in [1.807, 2.05) is 6.07 Å². The summed E-state index contributed by atoms with van der Waals surface area (Å²) in [5.41, 5.74) is 1.61. The second kappa shape index (κ2) is 11.9. The number of carbonyl (C=O) groups is 1. The summed E-state index contributed by atoms with van der Waals surface area (Å²) < 4.78 is 10.5. The van der Waals surface area contributed by atoms with Gasteiger partial charge in [0.2, 0.25) is 5.95 Å². The Morgan fingerprint density at radius 1 is 1.06 bits per heavy atom. The Labute approximate surface area is 195 Å². The van der Waals surface area contributed by atoms with E-state index in [2.05, 4.69) is 61.1 Å². The second-order valence-corrected chi connectivity index (χ2v) is 8.27. The van der Waals surface area contributed by atoms with Crippen LogP contribution in [0.4, 0.5) is 5.95 Å². The van der Waals surface area contributed by atoms with Gasteiger partial charge in [-0.25, -0.2) is 14.8 Å². The Morgan fingerprint density at radius 2 is 1.76 bits per heavy atom. The fourth-order valence-corrected chi connectivity index (χ4v) is 4.19. The summed E-state index contributed by atoms with van der Waals surface area (Å²) in [4.78, 5) is 27.9. The number of esters is 1. The molecule has 0 radical (unpaired) electrons. The normalized spacial score (nSPS) is 19.0. The molecule has 0 saturated carbocycles. The molecule has 2 fully saturated rings. The molecule has 2 aromatic rings. The van der Waals surface area contributed by atoms with Crippen LogP contribution in [-0.2, 0) is 9.47 Å². The highest BCUT2D eigenvalue weighted by molar-refractivity contribution is 5.88. The molecule has 2 saturated heterocycles. The van der Waals surface area contributed by atoms with Crippen molar-refractivity contribution in [2.75, 3.05) is 70.5 Å². The number of nitrogens with zero attached hydrogens (tertiary/aromatic N) is 5. The zero-order chi connectivity index (χ0) is 22.9. The highest BCUT2D eigenvalue weighted by atomic mass is 16.5. The van der Waals surface area contributed by atoms with Gasteiger partial charge < -0.3 is 14.4 Å². The van der Waals surface area contributed by atoms with Gasteiger partial charge in [0.1, 0.15) is 0 Å². The van der Waals surface area contributed by atoms with Gasteiger partial charge in [0.05, 0.1) is 25.4 Å². The van der Waals surface area contributed by atoms with E-state index in [9.17, 15) is 4.79 Å². The van der Waals surface area contributed by atoms with Gasteiger partial charge in [0, 0.05) is 64.2 Å². The first kappa shape index (κ1) is 23.4. The van der Waals surface area contributed by atoms with Crippen molar-refractivity contribution in [1.29, 1.82) is 0 Å². The van der Waals surface area contributed by atoms with E-state index < -0.39 is 0 Å². The zero-order valence-corrected chi connectivity index (χ0v) is 19.3. The number of carbonyl (C=O) groups excluding carboxylic acids is 1. The fraction of sp³-hybridized carbons (Fsp3) is 0.480. The number of aromatic nitrogens is 2. The van der Waals surface area contributed by atoms with Crippen molar-refractivity contribution in [3.8, 4) is 0 Å². The lowest BCUT2D eigenvalue weighted by atomic mass is 10.1. The fourth-order valence-electron chi connectivity index (χ4n) is 4.19. The first-order valence-corrected chi connectivity index (χ1v) is 11.7. The molecule has 4 rings (SSSR count). The van der Waals surface area contributed by atoms with Gasteiger partial charge in [0.25, 0.3) is 0 Å². The zero-order valence-electron chi connectivity index (χ0n) is 19.3. The van der Waals surface area contributed by atoms with Crippen LogP contribution < -0.4 is 4.90 Å². The summed E-state index contributed by atoms with van der Waals surface area (Å²) in [5, 5.41) is 0. The standard InChI is InChI=1S/C25H33N5O3/c1-2-33-24(31)22-18-26-25(27-19-22)30-12-10-29(11-13-30)23(20-28-14-16-32-17-15-28)9-8-21-6-4-3-5-7-21/h3-9,18-19,23H,2,10-17,20H2,1H3/b9-8+. The Morgan fingerprint density at radius 3 is 2.42 bits per heavy atom. The Bertz CT molecular complexity index is 892. The Balaban J connectivity index is 1.38. The van der Waals surface area contributed by atoms with Gasteiger partial charge in [-0.1, -0.05) is 42.5 Å². The lowest BCUT2D eigenvalue weighted by Gasteiger charge is -2.40. The quantitative estimate of drug-likeness (QED) is 0.566. The summed E-state index contributed by atoms with van der Waals surface area (Å²) >= 11 is 0. The van der Waals surface area contributed by atoms with Gasteiger partial charge >= 0.3 is 5.97 Å². The van der Waals surface area contributed by atoms with Crippen LogP contribution >= 0.6 is 0 Å². The third-order valence-electron chi connectivity index (χ3n) is 6.07. The second-order valence-electron chi connectivity index (χ2n) is 8.27. The van der Waals surface area contributed by atoms with Crippen molar-refractivity contribution in [2.24, 2.45) is 0 Å². The summed E-state index contributed by atoms with van der Waals surface area (Å²) in [5.74, 6) is 0.275. The Kier molecular flexibility index (Phi) is 8.41. The molecular formula is C25H33N5O3. The van der Waals surface area contributed by atoms with Crippen molar-refractivity contribution < 1.29 is 14.3 Å². The van der Waals surface area contributed by atoms with E-state index in [0.717, 1.165) is 59.0 Å². The highest BCUT2D eigenvalue weighted by Gasteiger charge is 2.26. The number of hydrogen-bond donors (Lipinski definition) is 0. The van der Waals surface area contributed by atoms with Crippen LogP contribution in [0.3, 0.4) is 0 Å². The summed E-state index contributed by atoms with van der Waals surface area (Å²) in [7, 11) is 0. The first-order chi connectivity index (χ1) is 16.2. The average molecular weight is 452 g/mol. The molecule has 8 nitrogen and oxygen atoms in total. The van der Waals surface area contributed by atoms with Crippen LogP contribution in [0.1, 0.15) is 22.8 Å². The molecule has 1 aromatic carbocycles. The number of ether oxygens (including phenoxy) is 2. The summed E-state index contributed by atoms with van der Waals surface area (Å²) in [6.07, 6.45) is 7.67. The molecule has 0 spiro atoms. The monoisotopic (exact) mass is 451 g/mol. The molecule has 1 atom stereocenters. The number of hydrogen-bond acceptors (Lipinski definition) is 8. The van der Waals surface area contributed by atoms with E-state index >= 15 is 0 Å². The number of morpholine rings is 1. The molecule has 1 aromatic heterocycles. The first-order valence-electron chi connectivity index (χ1n) is 11.7. The molecule has 33 heavy (non-hydrogen) atoms. The molecule has 0 bridgehead atoms. The molecule has 0 aliphatic carbocycles. The predicted octanol–water partition coefficient (Wildman–Crippen LogP) is 2.19. The van der Waals surface area contributed by atoms with Crippen LogP contribution in [-0.4, -0.2) is 97.4 Å². The maximum atomic E-state index is 11.8. The topological polar surface area (TPSA) is 71.0 Å². The maximum Gasteiger partial charge on any atom is 0.341 e. The predicted molar refractivity (Wildman–Crippen MR) is 128 cm³/mol. The smallest absolute Gasteiger partial charge is 0.341 e. The minimum absolute atomic E-state index is 0.331. The van der Waals surface area contributed by atoms with Crippen LogP contribution in [0, 0.1) is 0 Å². The number of rotatable bonds is 8. The van der Waals surface area contributed by atoms with Crippen molar-refractivity contribution in [1.82, 2.24) is 19.8 Å². The maximum absolute atomic E-state index is 11.8. The van der Waals surface area contributed by atoms with Crippen LogP contribution in [0.5, 0.6) is 0 Å². The van der Waals surface area contributed by atoms with Crippen LogP contribution in [0.2, 0.25) is 0 Å². The largest absolute Gasteiger partial charge is 0.462 e. The molecule has 3 heterocycles. The van der Waals surface area contributed by atoms with Gasteiger partial charge in [-0.3, -0.25) is 9.80 Å². The number of benzene rings is 1. The third-order valence-corrected chi connectivity index (χ3v) is 6.07. The molecule has 2 aliphatic heterocycles. The van der Waals surface area contributed by atoms with Crippen LogP contribution in [0.15, 0.2) is 48.8 Å². The minimum atomic E-state index is -0.384. The summed E-state index contributed by atoms with van der Waals surface area (Å²) in [6.45, 7) is 10.2. The molecule has 8 heteroatoms. The SMILES string of the molecule is CCOC(=O)c1cnc(N2CCN(C(/C=C/c3ccccc3)CN3CCOCC3)CC2)nc1. The van der Waals surface area contributed by atoms with E-state index in [4.69, 9.17) is 9.47 Å². The third kappa shape index (κ3) is 6.60. The van der Waals surface area contributed by atoms with Gasteiger partial charge in [-0.2, -0.15) is 0 Å². The number of anilines is 1. The minimum Gasteiger partial charge on any atom is -0.462 e. The lowest BCUT2D eigenvalue weighted by molar-refractivity contribution is 0.0269. The van der Waals surface area contributed by atoms with Crippen molar-refractivity contribution in [2.45, 2.75) is 13.0 Å². The van der Waals surface area contributed by atoms with Crippen molar-refractivity contribution >= 4 is 18.0 Å². The number of piperazine rings is 1. The molecule has 2 aliphatic rings. The average Bonchev–Trinajstić information content (AvgIpc) is 2.88. The molecular weight excluding hydrogens is 418 g/mol. The van der Waals surface area contributed by atoms with Crippen molar-refractivity contribution in [3.63, 3.8) is 0 Å². The molecule has 1 unspecified atom stereocenters. The summed E-state index contributed by atoms with van der Waals surface area (Å²) in [6, 6.07) is 10.8. The molecule has 0 N–H and O–H groups in total. The van der Waals surface area contributed by atoms with Gasteiger partial charge in [-0.15, -0.1) is 0 Å². The van der Waals surface area contributed by atoms with E-state index in [1.54, 1.807) is 19.3 Å². The van der Waals surface area contributed by atoms with E-state index in [1.165, 1.54) is 5.56 Å². The Hall–Kier alpha value is -2.81. The van der Waals surface area contributed by atoms with E-state index in [-0.39, 0.29) is 5.97 Å². The lowest BCUT2D eigenvalue weighted by Crippen LogP contribution is -2.54. The molecule has 0 amide bonds. The van der Waals surface area contributed by atoms with Crippen molar-refractivity contribution in [3.05, 3.63) is 59.9 Å². The van der Waals surface area contributed by atoms with Gasteiger partial charge in [0.15, 0.2) is 0 Å². The highest BCUT2D eigenvalue weighted by Crippen LogP contribution is 2.16.